The molecule has 2 rings (SSSR count). The first-order valence-electron chi connectivity index (χ1n) is 5.65. The van der Waals surface area contributed by atoms with E-state index < -0.39 is 5.60 Å². The summed E-state index contributed by atoms with van der Waals surface area (Å²) in [6.07, 6.45) is 1.10. The molecule has 1 aliphatic rings. The van der Waals surface area contributed by atoms with E-state index in [0.717, 1.165) is 16.0 Å². The van der Waals surface area contributed by atoms with E-state index in [1.165, 1.54) is 17.6 Å². The summed E-state index contributed by atoms with van der Waals surface area (Å²) in [4.78, 5) is 14.5. The Bertz CT molecular complexity index is 488. The lowest BCUT2D eigenvalue weighted by Crippen LogP contribution is -2.33. The number of thiophene rings is 1. The van der Waals surface area contributed by atoms with Gasteiger partial charge in [-0.2, -0.15) is 0 Å². The van der Waals surface area contributed by atoms with E-state index in [1.54, 1.807) is 4.90 Å². The second-order valence-corrected chi connectivity index (χ2v) is 6.10. The van der Waals surface area contributed by atoms with E-state index >= 15 is 0 Å². The molecule has 0 unspecified atom stereocenters. The predicted octanol–water partition coefficient (Wildman–Crippen LogP) is 2.81. The maximum Gasteiger partial charge on any atom is 0.410 e. The van der Waals surface area contributed by atoms with Crippen molar-refractivity contribution < 1.29 is 14.7 Å². The van der Waals surface area contributed by atoms with Gasteiger partial charge in [0.1, 0.15) is 5.60 Å². The summed E-state index contributed by atoms with van der Waals surface area (Å²) in [6.45, 7) is 6.61. The van der Waals surface area contributed by atoms with Crippen molar-refractivity contribution in [3.05, 3.63) is 21.4 Å². The van der Waals surface area contributed by atoms with Crippen LogP contribution in [0.25, 0.3) is 0 Å². The van der Waals surface area contributed by atoms with Gasteiger partial charge in [0, 0.05) is 0 Å². The van der Waals surface area contributed by atoms with Gasteiger partial charge in [-0.25, -0.2) is 4.79 Å². The molecule has 0 spiro atoms. The zero-order valence-corrected chi connectivity index (χ0v) is 11.5. The van der Waals surface area contributed by atoms with Crippen molar-refractivity contribution in [2.75, 3.05) is 0 Å². The van der Waals surface area contributed by atoms with Crippen molar-refractivity contribution in [3.8, 4) is 0 Å². The Morgan fingerprint density at radius 2 is 2.28 bits per heavy atom. The summed E-state index contributed by atoms with van der Waals surface area (Å²) in [7, 11) is 0. The van der Waals surface area contributed by atoms with Crippen molar-refractivity contribution >= 4 is 23.6 Å². The van der Waals surface area contributed by atoms with Gasteiger partial charge in [0.2, 0.25) is 0 Å². The molecule has 0 saturated carbocycles. The maximum absolute atomic E-state index is 11.9. The molecule has 5 nitrogen and oxygen atoms in total. The van der Waals surface area contributed by atoms with Crippen LogP contribution in [0.3, 0.4) is 0 Å². The Hall–Kier alpha value is -1.56. The average Bonchev–Trinajstić information content (AvgIpc) is 2.77. The number of rotatable bonds is 1. The standard InChI is InChI=1S/C12H16N2O3S/c1-12(2,3)17-11(15)14-5-8-7-18-10(4-13-16)9(8)6-14/h4,7,16H,5-6H2,1-3H3. The lowest BCUT2D eigenvalue weighted by atomic mass is 10.2. The monoisotopic (exact) mass is 268 g/mol. The van der Waals surface area contributed by atoms with Crippen LogP contribution >= 0.6 is 11.3 Å². The molecule has 18 heavy (non-hydrogen) atoms. The van der Waals surface area contributed by atoms with Crippen LogP contribution in [0, 0.1) is 0 Å². The van der Waals surface area contributed by atoms with Crippen LogP contribution in [0.2, 0.25) is 0 Å². The molecule has 0 saturated heterocycles. The molecular weight excluding hydrogens is 252 g/mol. The summed E-state index contributed by atoms with van der Waals surface area (Å²) < 4.78 is 5.33. The molecule has 0 atom stereocenters. The molecular formula is C12H16N2O3S. The molecule has 1 aromatic rings. The summed E-state index contributed by atoms with van der Waals surface area (Å²) in [6, 6.07) is 0. The van der Waals surface area contributed by atoms with E-state index in [-0.39, 0.29) is 6.09 Å². The summed E-state index contributed by atoms with van der Waals surface area (Å²) in [5.41, 5.74) is 1.66. The number of nitrogens with zero attached hydrogens (tertiary/aromatic N) is 2. The van der Waals surface area contributed by atoms with Gasteiger partial charge in [-0.05, 0) is 37.3 Å². The van der Waals surface area contributed by atoms with Crippen molar-refractivity contribution in [2.45, 2.75) is 39.5 Å². The fourth-order valence-corrected chi connectivity index (χ4v) is 2.75. The number of ether oxygens (including phenoxy) is 1. The van der Waals surface area contributed by atoms with Crippen molar-refractivity contribution in [1.82, 2.24) is 4.90 Å². The van der Waals surface area contributed by atoms with E-state index in [2.05, 4.69) is 5.16 Å². The number of amides is 1. The van der Waals surface area contributed by atoms with Crippen LogP contribution in [0.4, 0.5) is 4.79 Å². The molecule has 98 valence electrons. The van der Waals surface area contributed by atoms with Gasteiger partial charge in [0.15, 0.2) is 0 Å². The van der Waals surface area contributed by atoms with Crippen LogP contribution < -0.4 is 0 Å². The average molecular weight is 268 g/mol. The largest absolute Gasteiger partial charge is 0.444 e. The van der Waals surface area contributed by atoms with Gasteiger partial charge in [0.25, 0.3) is 0 Å². The number of oxime groups is 1. The molecule has 0 aliphatic carbocycles. The van der Waals surface area contributed by atoms with Gasteiger partial charge in [-0.3, -0.25) is 4.90 Å². The van der Waals surface area contributed by atoms with Crippen LogP contribution in [0.1, 0.15) is 36.8 Å². The van der Waals surface area contributed by atoms with Gasteiger partial charge < -0.3 is 9.94 Å². The van der Waals surface area contributed by atoms with E-state index in [4.69, 9.17) is 9.94 Å². The maximum atomic E-state index is 11.9. The van der Waals surface area contributed by atoms with Crippen molar-refractivity contribution in [1.29, 1.82) is 0 Å². The third-order valence-corrected chi connectivity index (χ3v) is 3.56. The highest BCUT2D eigenvalue weighted by atomic mass is 32.1. The summed E-state index contributed by atoms with van der Waals surface area (Å²) in [5, 5.41) is 13.6. The van der Waals surface area contributed by atoms with Crippen molar-refractivity contribution in [2.24, 2.45) is 5.16 Å². The molecule has 1 amide bonds. The Morgan fingerprint density at radius 3 is 2.89 bits per heavy atom. The van der Waals surface area contributed by atoms with Gasteiger partial charge >= 0.3 is 6.09 Å². The Kier molecular flexibility index (Phi) is 3.30. The number of fused-ring (bicyclic) bond motifs is 1. The zero-order chi connectivity index (χ0) is 13.3. The van der Waals surface area contributed by atoms with Crippen molar-refractivity contribution in [3.63, 3.8) is 0 Å². The zero-order valence-electron chi connectivity index (χ0n) is 10.6. The minimum atomic E-state index is -0.484. The van der Waals surface area contributed by atoms with Crippen LogP contribution in [-0.2, 0) is 17.8 Å². The number of hydrogen-bond donors (Lipinski definition) is 1. The lowest BCUT2D eigenvalue weighted by Gasteiger charge is -2.24. The molecule has 2 heterocycles. The first-order valence-corrected chi connectivity index (χ1v) is 6.53. The molecule has 1 aliphatic heterocycles. The minimum absolute atomic E-state index is 0.310. The lowest BCUT2D eigenvalue weighted by molar-refractivity contribution is 0.0242. The van der Waals surface area contributed by atoms with Gasteiger partial charge in [-0.15, -0.1) is 11.3 Å². The molecule has 1 N–H and O–H groups in total. The Balaban J connectivity index is 2.08. The first-order chi connectivity index (χ1) is 8.40. The van der Waals surface area contributed by atoms with E-state index in [9.17, 15) is 4.79 Å². The highest BCUT2D eigenvalue weighted by molar-refractivity contribution is 7.12. The number of carbonyl (C=O) groups excluding carboxylic acids is 1. The summed E-state index contributed by atoms with van der Waals surface area (Å²) in [5.74, 6) is 0. The molecule has 0 bridgehead atoms. The molecule has 0 radical (unpaired) electrons. The van der Waals surface area contributed by atoms with Gasteiger partial charge in [0.05, 0.1) is 24.2 Å². The fraction of sp³-hybridized carbons (Fsp3) is 0.500. The highest BCUT2D eigenvalue weighted by Crippen LogP contribution is 2.31. The molecule has 0 fully saturated rings. The number of hydrogen-bond acceptors (Lipinski definition) is 5. The quantitative estimate of drug-likeness (QED) is 0.484. The van der Waals surface area contributed by atoms with E-state index in [0.29, 0.717) is 13.1 Å². The molecule has 6 heteroatoms. The smallest absolute Gasteiger partial charge is 0.410 e. The number of carbonyl (C=O) groups is 1. The fourth-order valence-electron chi connectivity index (χ4n) is 1.82. The molecule has 0 aromatic carbocycles. The van der Waals surface area contributed by atoms with Gasteiger partial charge in [-0.1, -0.05) is 5.16 Å². The Labute approximate surface area is 110 Å². The predicted molar refractivity (Wildman–Crippen MR) is 69.2 cm³/mol. The SMILES string of the molecule is CC(C)(C)OC(=O)N1Cc2csc(C=NO)c2C1. The minimum Gasteiger partial charge on any atom is -0.444 e. The Morgan fingerprint density at radius 1 is 1.56 bits per heavy atom. The highest BCUT2D eigenvalue weighted by Gasteiger charge is 2.29. The second-order valence-electron chi connectivity index (χ2n) is 5.18. The van der Waals surface area contributed by atoms with Crippen LogP contribution in [-0.4, -0.2) is 28.0 Å². The second kappa shape index (κ2) is 4.61. The third-order valence-electron chi connectivity index (χ3n) is 2.55. The molecule has 1 aromatic heterocycles. The van der Waals surface area contributed by atoms with Crippen LogP contribution in [0.5, 0.6) is 0 Å². The first kappa shape index (κ1) is 12.9. The topological polar surface area (TPSA) is 62.1 Å². The summed E-state index contributed by atoms with van der Waals surface area (Å²) >= 11 is 1.52. The normalized spacial score (nSPS) is 15.2. The third kappa shape index (κ3) is 2.64. The van der Waals surface area contributed by atoms with E-state index in [1.807, 2.05) is 26.2 Å². The van der Waals surface area contributed by atoms with Crippen LogP contribution in [0.15, 0.2) is 10.5 Å².